The molecule has 0 aromatic rings. The zero-order valence-corrected chi connectivity index (χ0v) is 28.3. The average molecular weight is 589 g/mol. The number of hydrogen-bond donors (Lipinski definition) is 2. The van der Waals surface area contributed by atoms with Crippen molar-refractivity contribution in [2.24, 2.45) is 0 Å². The van der Waals surface area contributed by atoms with Gasteiger partial charge in [0, 0.05) is 25.2 Å². The van der Waals surface area contributed by atoms with E-state index in [0.717, 1.165) is 25.9 Å². The van der Waals surface area contributed by atoms with Gasteiger partial charge in [0.15, 0.2) is 0 Å². The van der Waals surface area contributed by atoms with Crippen LogP contribution >= 0.6 is 0 Å². The van der Waals surface area contributed by atoms with Crippen LogP contribution in [-0.2, 0) is 9.59 Å². The zero-order valence-electron chi connectivity index (χ0n) is 28.3. The first-order chi connectivity index (χ1) is 20.7. The molecule has 0 bridgehead atoms. The van der Waals surface area contributed by atoms with Gasteiger partial charge in [-0.05, 0) is 12.8 Å². The zero-order chi connectivity index (χ0) is 30.6. The molecule has 246 valence electrons. The van der Waals surface area contributed by atoms with E-state index in [1.165, 1.54) is 179 Å². The van der Waals surface area contributed by atoms with Gasteiger partial charge in [-0.15, -0.1) is 0 Å². The van der Waals surface area contributed by atoms with Crippen molar-refractivity contribution in [1.29, 1.82) is 0 Å². The number of carbonyl (C=O) groups excluding carboxylic acids is 2. The Morgan fingerprint density at radius 3 is 0.810 bits per heavy atom. The fourth-order valence-corrected chi connectivity index (χ4v) is 5.47. The van der Waals surface area contributed by atoms with Crippen LogP contribution in [0.4, 0.5) is 0 Å². The number of amides is 2. The molecule has 0 aliphatic carbocycles. The van der Waals surface area contributed by atoms with Crippen molar-refractivity contribution >= 4 is 11.8 Å². The minimum absolute atomic E-state index is 0.0860. The van der Waals surface area contributed by atoms with E-state index in [4.69, 9.17) is 0 Å². The Morgan fingerprint density at radius 1 is 0.357 bits per heavy atom. The molecular weight excluding hydrogens is 516 g/mol. The van der Waals surface area contributed by atoms with Crippen molar-refractivity contribution in [2.75, 3.05) is 13.1 Å². The molecule has 0 radical (unpaired) electrons. The summed E-state index contributed by atoms with van der Waals surface area (Å²) >= 11 is 0. The largest absolute Gasteiger partial charge is 0.353 e. The van der Waals surface area contributed by atoms with Crippen LogP contribution in [0.25, 0.3) is 0 Å². The van der Waals surface area contributed by atoms with Crippen molar-refractivity contribution in [2.45, 2.75) is 194 Å². The standard InChI is InChI=1S/C38H72N2O2/c1-3-5-7-9-11-13-15-17-19-21-23-25-27-31-35-39-37(41)33-29-30-34-38(42)40-36-32-28-26-24-22-20-18-16-14-12-10-8-6-4-2/h29-30,33-34H,3-28,31-32,35-36H2,1-2H3,(H,39,41)(H,40,42)/b33-29+,34-30+. The predicted molar refractivity (Wildman–Crippen MR) is 185 cm³/mol. The molecule has 0 atom stereocenters. The molecule has 4 heteroatoms. The van der Waals surface area contributed by atoms with E-state index in [0.29, 0.717) is 0 Å². The molecule has 0 aliphatic rings. The summed E-state index contributed by atoms with van der Waals surface area (Å²) in [7, 11) is 0. The van der Waals surface area contributed by atoms with Gasteiger partial charge < -0.3 is 10.6 Å². The molecule has 0 aromatic carbocycles. The van der Waals surface area contributed by atoms with Crippen molar-refractivity contribution in [3.05, 3.63) is 24.3 Å². The second-order valence-corrected chi connectivity index (χ2v) is 12.5. The summed E-state index contributed by atoms with van der Waals surface area (Å²) in [5.41, 5.74) is 0. The Hall–Kier alpha value is -1.58. The van der Waals surface area contributed by atoms with E-state index in [-0.39, 0.29) is 11.8 Å². The monoisotopic (exact) mass is 589 g/mol. The summed E-state index contributed by atoms with van der Waals surface area (Å²) < 4.78 is 0. The molecule has 0 aromatic heterocycles. The van der Waals surface area contributed by atoms with E-state index < -0.39 is 0 Å². The molecule has 2 N–H and O–H groups in total. The summed E-state index contributed by atoms with van der Waals surface area (Å²) in [4.78, 5) is 23.8. The Labute approximate surface area is 262 Å². The smallest absolute Gasteiger partial charge is 0.243 e. The summed E-state index contributed by atoms with van der Waals surface area (Å²) in [6, 6.07) is 0. The minimum atomic E-state index is -0.0860. The first-order valence-electron chi connectivity index (χ1n) is 18.6. The van der Waals surface area contributed by atoms with Gasteiger partial charge in [0.05, 0.1) is 0 Å². The van der Waals surface area contributed by atoms with Gasteiger partial charge in [-0.3, -0.25) is 9.59 Å². The number of unbranched alkanes of at least 4 members (excludes halogenated alkanes) is 26. The van der Waals surface area contributed by atoms with Crippen molar-refractivity contribution in [1.82, 2.24) is 10.6 Å². The fourth-order valence-electron chi connectivity index (χ4n) is 5.47. The maximum absolute atomic E-state index is 11.9. The van der Waals surface area contributed by atoms with Gasteiger partial charge in [0.2, 0.25) is 11.8 Å². The Morgan fingerprint density at radius 2 is 0.571 bits per heavy atom. The van der Waals surface area contributed by atoms with Crippen LogP contribution in [0.5, 0.6) is 0 Å². The maximum Gasteiger partial charge on any atom is 0.243 e. The molecule has 0 aliphatic heterocycles. The van der Waals surface area contributed by atoms with Crippen LogP contribution in [-0.4, -0.2) is 24.9 Å². The topological polar surface area (TPSA) is 58.2 Å². The molecule has 0 saturated carbocycles. The lowest BCUT2D eigenvalue weighted by Gasteiger charge is -2.04. The van der Waals surface area contributed by atoms with Crippen LogP contribution in [0.2, 0.25) is 0 Å². The third-order valence-corrected chi connectivity index (χ3v) is 8.27. The van der Waals surface area contributed by atoms with Crippen molar-refractivity contribution in [3.8, 4) is 0 Å². The molecule has 0 rings (SSSR count). The SMILES string of the molecule is CCCCCCCCCCCCCCCCNC(=O)/C=C/C=C/C(=O)NCCCCCCCCCCCCCCCC. The molecule has 2 amide bonds. The molecule has 0 fully saturated rings. The summed E-state index contributed by atoms with van der Waals surface area (Å²) in [6.07, 6.45) is 43.8. The quantitative estimate of drug-likeness (QED) is 0.0455. The highest BCUT2D eigenvalue weighted by Crippen LogP contribution is 2.14. The van der Waals surface area contributed by atoms with Gasteiger partial charge in [0.25, 0.3) is 0 Å². The van der Waals surface area contributed by atoms with Crippen molar-refractivity contribution < 1.29 is 9.59 Å². The van der Waals surface area contributed by atoms with Gasteiger partial charge in [-0.25, -0.2) is 0 Å². The Kier molecular flexibility index (Phi) is 34.3. The Balaban J connectivity index is 3.40. The number of carbonyl (C=O) groups is 2. The maximum atomic E-state index is 11.9. The normalized spacial score (nSPS) is 11.6. The second kappa shape index (κ2) is 35.6. The third-order valence-electron chi connectivity index (χ3n) is 8.27. The molecule has 0 spiro atoms. The number of nitrogens with one attached hydrogen (secondary N) is 2. The van der Waals surface area contributed by atoms with E-state index in [1.54, 1.807) is 12.2 Å². The summed E-state index contributed by atoms with van der Waals surface area (Å²) in [5.74, 6) is -0.172. The average Bonchev–Trinajstić information content (AvgIpc) is 2.99. The lowest BCUT2D eigenvalue weighted by atomic mass is 10.0. The molecule has 0 unspecified atom stereocenters. The molecule has 0 saturated heterocycles. The molecule has 4 nitrogen and oxygen atoms in total. The summed E-state index contributed by atoms with van der Waals surface area (Å²) in [6.45, 7) is 6.01. The van der Waals surface area contributed by atoms with Gasteiger partial charge in [-0.1, -0.05) is 193 Å². The molecular formula is C38H72N2O2. The highest BCUT2D eigenvalue weighted by molar-refractivity contribution is 5.89. The van der Waals surface area contributed by atoms with E-state index in [1.807, 2.05) is 0 Å². The van der Waals surface area contributed by atoms with Crippen LogP contribution in [0, 0.1) is 0 Å². The number of allylic oxidation sites excluding steroid dienone is 2. The van der Waals surface area contributed by atoms with Crippen LogP contribution in [0.15, 0.2) is 24.3 Å². The lowest BCUT2D eigenvalue weighted by molar-refractivity contribution is -0.117. The van der Waals surface area contributed by atoms with Crippen molar-refractivity contribution in [3.63, 3.8) is 0 Å². The van der Waals surface area contributed by atoms with E-state index in [2.05, 4.69) is 24.5 Å². The minimum Gasteiger partial charge on any atom is -0.353 e. The number of rotatable bonds is 33. The number of hydrogen-bond acceptors (Lipinski definition) is 2. The van der Waals surface area contributed by atoms with Crippen LogP contribution in [0.3, 0.4) is 0 Å². The highest BCUT2D eigenvalue weighted by Gasteiger charge is 1.98. The van der Waals surface area contributed by atoms with Gasteiger partial charge >= 0.3 is 0 Å². The third kappa shape index (κ3) is 34.6. The second-order valence-electron chi connectivity index (χ2n) is 12.5. The fraction of sp³-hybridized carbons (Fsp3) is 0.842. The van der Waals surface area contributed by atoms with Gasteiger partial charge in [-0.2, -0.15) is 0 Å². The predicted octanol–water partition coefficient (Wildman–Crippen LogP) is 11.3. The highest BCUT2D eigenvalue weighted by atomic mass is 16.2. The lowest BCUT2D eigenvalue weighted by Crippen LogP contribution is -2.22. The summed E-state index contributed by atoms with van der Waals surface area (Å²) in [5, 5.41) is 5.88. The van der Waals surface area contributed by atoms with Crippen LogP contribution in [0.1, 0.15) is 194 Å². The van der Waals surface area contributed by atoms with E-state index in [9.17, 15) is 9.59 Å². The first kappa shape index (κ1) is 40.4. The molecule has 0 heterocycles. The van der Waals surface area contributed by atoms with Crippen LogP contribution < -0.4 is 10.6 Å². The molecule has 42 heavy (non-hydrogen) atoms. The Bertz CT molecular complexity index is 575. The van der Waals surface area contributed by atoms with Gasteiger partial charge in [0.1, 0.15) is 0 Å². The first-order valence-corrected chi connectivity index (χ1v) is 18.6. The van der Waals surface area contributed by atoms with E-state index >= 15 is 0 Å².